The van der Waals surface area contributed by atoms with Crippen LogP contribution in [-0.4, -0.2) is 0 Å². The molecule has 16 rings (SSSR count). The molecule has 0 amide bonds. The van der Waals surface area contributed by atoms with E-state index in [1.807, 2.05) is 0 Å². The third kappa shape index (κ3) is 7.01. The highest BCUT2D eigenvalue weighted by Gasteiger charge is 2.53. The summed E-state index contributed by atoms with van der Waals surface area (Å²) >= 11 is 0. The molecule has 2 heteroatoms. The van der Waals surface area contributed by atoms with Gasteiger partial charge in [-0.05, 0) is 162 Å². The van der Waals surface area contributed by atoms with Crippen molar-refractivity contribution in [2.75, 3.05) is 9.80 Å². The second-order valence-corrected chi connectivity index (χ2v) is 21.8. The molecule has 13 aromatic carbocycles. The van der Waals surface area contributed by atoms with Crippen LogP contribution in [0.4, 0.5) is 34.1 Å². The predicted molar refractivity (Wildman–Crippen MR) is 340 cm³/mol. The van der Waals surface area contributed by atoms with Crippen molar-refractivity contribution in [3.63, 3.8) is 0 Å². The molecule has 0 N–H and O–H groups in total. The second kappa shape index (κ2) is 19.1. The zero-order chi connectivity index (χ0) is 54.2. The lowest BCUT2D eigenvalue weighted by Gasteiger charge is -2.36. The van der Waals surface area contributed by atoms with Crippen molar-refractivity contribution in [1.82, 2.24) is 0 Å². The Morgan fingerprint density at radius 1 is 0.183 bits per heavy atom. The summed E-state index contributed by atoms with van der Waals surface area (Å²) in [6.07, 6.45) is 0. The van der Waals surface area contributed by atoms with Crippen molar-refractivity contribution >= 4 is 34.1 Å². The molecule has 0 saturated carbocycles. The molecule has 0 saturated heterocycles. The zero-order valence-electron chi connectivity index (χ0n) is 45.1. The summed E-state index contributed by atoms with van der Waals surface area (Å²) in [5.41, 5.74) is 27.5. The first kappa shape index (κ1) is 47.5. The molecule has 0 bridgehead atoms. The van der Waals surface area contributed by atoms with Gasteiger partial charge < -0.3 is 9.80 Å². The molecule has 0 heterocycles. The van der Waals surface area contributed by atoms with Gasteiger partial charge in [0.1, 0.15) is 0 Å². The van der Waals surface area contributed by atoms with Crippen LogP contribution in [-0.2, 0) is 10.8 Å². The van der Waals surface area contributed by atoms with Gasteiger partial charge in [0.05, 0.1) is 22.2 Å². The van der Waals surface area contributed by atoms with Crippen LogP contribution in [0.15, 0.2) is 328 Å². The van der Waals surface area contributed by atoms with E-state index in [9.17, 15) is 0 Å². The minimum absolute atomic E-state index is 0.584. The van der Waals surface area contributed by atoms with Gasteiger partial charge in [-0.3, -0.25) is 0 Å². The van der Waals surface area contributed by atoms with Gasteiger partial charge in [0.15, 0.2) is 0 Å². The largest absolute Gasteiger partial charge is 0.310 e. The molecule has 0 aromatic heterocycles. The molecule has 1 atom stereocenters. The van der Waals surface area contributed by atoms with E-state index in [0.29, 0.717) is 0 Å². The van der Waals surface area contributed by atoms with Gasteiger partial charge in [-0.2, -0.15) is 0 Å². The van der Waals surface area contributed by atoms with Gasteiger partial charge in [0.25, 0.3) is 0 Å². The average Bonchev–Trinajstić information content (AvgIpc) is 2.77. The van der Waals surface area contributed by atoms with E-state index in [0.717, 1.165) is 50.8 Å². The first-order valence-electron chi connectivity index (χ1n) is 28.5. The molecule has 0 aliphatic heterocycles. The van der Waals surface area contributed by atoms with Crippen LogP contribution >= 0.6 is 0 Å². The fourth-order valence-corrected chi connectivity index (χ4v) is 14.4. The van der Waals surface area contributed by atoms with Crippen molar-refractivity contribution in [2.45, 2.75) is 10.8 Å². The molecular formula is C80H54N2. The number of hydrogen-bond acceptors (Lipinski definition) is 2. The number of para-hydroxylation sites is 3. The maximum atomic E-state index is 2.58. The Labute approximate surface area is 479 Å². The fraction of sp³-hybridized carbons (Fsp3) is 0.0250. The van der Waals surface area contributed by atoms with E-state index in [1.165, 1.54) is 83.5 Å². The lowest BCUT2D eigenvalue weighted by molar-refractivity contribution is 0.768. The molecule has 82 heavy (non-hydrogen) atoms. The molecule has 3 aliphatic carbocycles. The predicted octanol–water partition coefficient (Wildman–Crippen LogP) is 20.7. The monoisotopic (exact) mass is 1040 g/mol. The third-order valence-corrected chi connectivity index (χ3v) is 17.7. The molecule has 2 nitrogen and oxygen atoms in total. The lowest BCUT2D eigenvalue weighted by atomic mass is 9.67. The molecule has 13 aromatic rings. The van der Waals surface area contributed by atoms with Crippen molar-refractivity contribution < 1.29 is 0 Å². The Kier molecular flexibility index (Phi) is 11.0. The first-order chi connectivity index (χ1) is 40.7. The number of anilines is 6. The maximum Gasteiger partial charge on any atom is 0.0727 e. The highest BCUT2D eigenvalue weighted by atomic mass is 15.2. The molecule has 384 valence electrons. The minimum Gasteiger partial charge on any atom is -0.310 e. The standard InChI is InChI=1S/C80H54N2/c1-8-28-55(29-9-1)67-51-69-64-43-23-26-46-72(64)80(75(69)53-77(67)81(59-36-16-5-17-37-59)60-38-18-6-19-39-60)73-47-27-24-44-65(73)70-52-68(56-30-10-2-11-31-56)78(54-76(70)80)82(61-40-20-7-21-41-61)62-48-49-66-63-42-22-25-45-71(63)79(74(66)50-62,57-32-12-3-13-33-57)58-34-14-4-15-35-58/h1-54H. The summed E-state index contributed by atoms with van der Waals surface area (Å²) in [7, 11) is 0. The molecule has 1 unspecified atom stereocenters. The molecule has 1 spiro atoms. The van der Waals surface area contributed by atoms with Gasteiger partial charge in [-0.25, -0.2) is 0 Å². The summed E-state index contributed by atoms with van der Waals surface area (Å²) in [6.45, 7) is 0. The number of nitrogens with zero attached hydrogens (tertiary/aromatic N) is 2. The maximum absolute atomic E-state index is 2.58. The Bertz CT molecular complexity index is 4450. The van der Waals surface area contributed by atoms with Crippen LogP contribution < -0.4 is 9.80 Å². The topological polar surface area (TPSA) is 6.48 Å². The second-order valence-electron chi connectivity index (χ2n) is 21.8. The Balaban J connectivity index is 1.01. The van der Waals surface area contributed by atoms with Crippen molar-refractivity contribution in [3.8, 4) is 55.6 Å². The summed E-state index contributed by atoms with van der Waals surface area (Å²) < 4.78 is 0. The van der Waals surface area contributed by atoms with Crippen LogP contribution in [0.25, 0.3) is 55.6 Å². The SMILES string of the molecule is c1ccc(-c2cc3c(cc2N(c2ccccc2)c2ccccc2)C2(c4ccccc4-3)c3ccccc3-c3cc(-c4ccccc4)c(N(c4ccccc4)c4ccc5c(c4)C(c4ccccc4)(c4ccccc4)c4ccccc4-5)cc32)cc1. The molecule has 3 aliphatic rings. The summed E-state index contributed by atoms with van der Waals surface area (Å²) in [6, 6.07) is 122. The number of benzene rings is 13. The van der Waals surface area contributed by atoms with Crippen LogP contribution in [0.5, 0.6) is 0 Å². The molecule has 0 fully saturated rings. The van der Waals surface area contributed by atoms with Crippen LogP contribution in [0.1, 0.15) is 44.5 Å². The van der Waals surface area contributed by atoms with Gasteiger partial charge in [0, 0.05) is 33.9 Å². The van der Waals surface area contributed by atoms with Crippen LogP contribution in [0, 0.1) is 0 Å². The van der Waals surface area contributed by atoms with E-state index in [1.54, 1.807) is 0 Å². The number of rotatable bonds is 10. The average molecular weight is 1040 g/mol. The molecular weight excluding hydrogens is 989 g/mol. The quantitative estimate of drug-likeness (QED) is 0.135. The lowest BCUT2D eigenvalue weighted by Crippen LogP contribution is -2.28. The zero-order valence-corrected chi connectivity index (χ0v) is 45.1. The van der Waals surface area contributed by atoms with E-state index < -0.39 is 10.8 Å². The van der Waals surface area contributed by atoms with Crippen molar-refractivity contribution in [2.24, 2.45) is 0 Å². The van der Waals surface area contributed by atoms with E-state index in [-0.39, 0.29) is 0 Å². The van der Waals surface area contributed by atoms with E-state index in [4.69, 9.17) is 0 Å². The van der Waals surface area contributed by atoms with E-state index >= 15 is 0 Å². The van der Waals surface area contributed by atoms with Crippen LogP contribution in [0.2, 0.25) is 0 Å². The Hall–Kier alpha value is -10.5. The molecule has 0 radical (unpaired) electrons. The normalized spacial score (nSPS) is 14.5. The number of fused-ring (bicyclic) bond motifs is 13. The minimum atomic E-state index is -0.706. The first-order valence-corrected chi connectivity index (χ1v) is 28.5. The van der Waals surface area contributed by atoms with Gasteiger partial charge >= 0.3 is 0 Å². The highest BCUT2D eigenvalue weighted by Crippen LogP contribution is 2.66. The Morgan fingerprint density at radius 3 is 0.902 bits per heavy atom. The Morgan fingerprint density at radius 2 is 0.488 bits per heavy atom. The summed E-state index contributed by atoms with van der Waals surface area (Å²) in [5, 5.41) is 0. The summed E-state index contributed by atoms with van der Waals surface area (Å²) in [4.78, 5) is 5.00. The third-order valence-electron chi connectivity index (χ3n) is 17.7. The summed E-state index contributed by atoms with van der Waals surface area (Å²) in [5.74, 6) is 0. The highest BCUT2D eigenvalue weighted by molar-refractivity contribution is 6.03. The van der Waals surface area contributed by atoms with E-state index in [2.05, 4.69) is 337 Å². The van der Waals surface area contributed by atoms with Crippen LogP contribution in [0.3, 0.4) is 0 Å². The van der Waals surface area contributed by atoms with Crippen molar-refractivity contribution in [1.29, 1.82) is 0 Å². The van der Waals surface area contributed by atoms with Gasteiger partial charge in [-0.15, -0.1) is 0 Å². The number of hydrogen-bond donors (Lipinski definition) is 0. The fourth-order valence-electron chi connectivity index (χ4n) is 14.4. The van der Waals surface area contributed by atoms with Gasteiger partial charge in [0.2, 0.25) is 0 Å². The smallest absolute Gasteiger partial charge is 0.0727 e. The van der Waals surface area contributed by atoms with Crippen molar-refractivity contribution in [3.05, 3.63) is 372 Å². The van der Waals surface area contributed by atoms with Gasteiger partial charge in [-0.1, -0.05) is 255 Å².